The van der Waals surface area contributed by atoms with Gasteiger partial charge in [-0.15, -0.1) is 0 Å². The maximum atomic E-state index is 9.36. The molecule has 0 radical (unpaired) electrons. The van der Waals surface area contributed by atoms with E-state index in [1.54, 1.807) is 11.9 Å². The Labute approximate surface area is 180 Å². The molecule has 0 saturated heterocycles. The number of hydrogen-bond donors (Lipinski definition) is 0. The summed E-state index contributed by atoms with van der Waals surface area (Å²) in [5, 5.41) is 10.4. The number of amidine groups is 1. The van der Waals surface area contributed by atoms with Gasteiger partial charge in [-0.25, -0.2) is 4.99 Å². The van der Waals surface area contributed by atoms with Crippen molar-refractivity contribution in [2.45, 2.75) is 24.8 Å². The number of nitriles is 1. The summed E-state index contributed by atoms with van der Waals surface area (Å²) >= 11 is 3.57. The zero-order chi connectivity index (χ0) is 20.1. The van der Waals surface area contributed by atoms with E-state index in [0.29, 0.717) is 5.56 Å². The molecule has 4 rings (SSSR count). The first-order chi connectivity index (χ1) is 14.3. The van der Waals surface area contributed by atoms with Crippen molar-refractivity contribution < 1.29 is 0 Å². The minimum absolute atomic E-state index is 0.703. The number of nitrogens with zero attached hydrogens (tertiary/aromatic N) is 3. The van der Waals surface area contributed by atoms with E-state index >= 15 is 0 Å². The molecule has 3 aromatic carbocycles. The molecule has 0 fully saturated rings. The van der Waals surface area contributed by atoms with Crippen LogP contribution in [-0.2, 0) is 6.54 Å². The summed E-state index contributed by atoms with van der Waals surface area (Å²) in [5.74, 6) is 1.06. The minimum atomic E-state index is 0.703. The molecule has 29 heavy (non-hydrogen) atoms. The number of aliphatic imine (C=N–C) groups is 1. The Kier molecular flexibility index (Phi) is 6.24. The Morgan fingerprint density at radius 2 is 1.76 bits per heavy atom. The lowest BCUT2D eigenvalue weighted by Gasteiger charge is -2.28. The standard InChI is InChI=1S/C24H21N3S2/c1-2-15-28-24-26-22-9-5-6-10-23(22)29-27(24)17-18-11-13-19(14-12-18)21-8-4-3-7-20(21)16-25/h3-14H,2,15,17H2,1H3. The highest BCUT2D eigenvalue weighted by Crippen LogP contribution is 2.40. The molecule has 5 heteroatoms. The molecule has 0 aromatic heterocycles. The Morgan fingerprint density at radius 1 is 1.00 bits per heavy atom. The molecule has 0 saturated carbocycles. The highest BCUT2D eigenvalue weighted by atomic mass is 32.2. The van der Waals surface area contributed by atoms with Crippen LogP contribution in [-0.4, -0.2) is 15.2 Å². The zero-order valence-electron chi connectivity index (χ0n) is 16.2. The number of fused-ring (bicyclic) bond motifs is 1. The summed E-state index contributed by atoms with van der Waals surface area (Å²) in [6.07, 6.45) is 1.12. The number of thioether (sulfide) groups is 1. The van der Waals surface area contributed by atoms with Crippen LogP contribution >= 0.6 is 23.7 Å². The maximum Gasteiger partial charge on any atom is 0.175 e. The van der Waals surface area contributed by atoms with Crippen LogP contribution in [0.2, 0.25) is 0 Å². The van der Waals surface area contributed by atoms with Gasteiger partial charge in [0.25, 0.3) is 0 Å². The first-order valence-electron chi connectivity index (χ1n) is 9.63. The molecule has 0 aliphatic carbocycles. The summed E-state index contributed by atoms with van der Waals surface area (Å²) in [7, 11) is 0. The van der Waals surface area contributed by atoms with Crippen LogP contribution in [0.4, 0.5) is 5.69 Å². The van der Waals surface area contributed by atoms with Gasteiger partial charge in [-0.1, -0.05) is 73.3 Å². The van der Waals surface area contributed by atoms with Crippen LogP contribution in [0.3, 0.4) is 0 Å². The number of rotatable bonds is 5. The average Bonchev–Trinajstić information content (AvgIpc) is 2.78. The molecule has 3 aromatic rings. The average molecular weight is 416 g/mol. The van der Waals surface area contributed by atoms with E-state index in [2.05, 4.69) is 59.8 Å². The van der Waals surface area contributed by atoms with E-state index in [-0.39, 0.29) is 0 Å². The van der Waals surface area contributed by atoms with Gasteiger partial charge in [0.2, 0.25) is 0 Å². The van der Waals surface area contributed by atoms with Crippen LogP contribution in [0, 0.1) is 11.3 Å². The molecular weight excluding hydrogens is 394 g/mol. The fourth-order valence-electron chi connectivity index (χ4n) is 3.13. The highest BCUT2D eigenvalue weighted by Gasteiger charge is 2.21. The van der Waals surface area contributed by atoms with Crippen LogP contribution < -0.4 is 0 Å². The van der Waals surface area contributed by atoms with Crippen molar-refractivity contribution in [3.8, 4) is 17.2 Å². The van der Waals surface area contributed by atoms with Gasteiger partial charge in [0.05, 0.1) is 28.8 Å². The second-order valence-corrected chi connectivity index (χ2v) is 8.82. The fourth-order valence-corrected chi connectivity index (χ4v) is 5.07. The van der Waals surface area contributed by atoms with Crippen molar-refractivity contribution >= 4 is 34.6 Å². The molecule has 1 aliphatic rings. The zero-order valence-corrected chi connectivity index (χ0v) is 17.8. The van der Waals surface area contributed by atoms with Gasteiger partial charge in [-0.3, -0.25) is 4.31 Å². The summed E-state index contributed by atoms with van der Waals surface area (Å²) in [6, 6.07) is 26.8. The van der Waals surface area contributed by atoms with E-state index in [0.717, 1.165) is 40.7 Å². The van der Waals surface area contributed by atoms with Crippen molar-refractivity contribution in [1.82, 2.24) is 4.31 Å². The summed E-state index contributed by atoms with van der Waals surface area (Å²) in [4.78, 5) is 6.08. The van der Waals surface area contributed by atoms with Gasteiger partial charge in [-0.2, -0.15) is 5.26 Å². The van der Waals surface area contributed by atoms with E-state index in [1.165, 1.54) is 10.5 Å². The monoisotopic (exact) mass is 415 g/mol. The molecule has 0 spiro atoms. The van der Waals surface area contributed by atoms with Gasteiger partial charge >= 0.3 is 0 Å². The van der Waals surface area contributed by atoms with Crippen molar-refractivity contribution in [3.63, 3.8) is 0 Å². The number of hydrogen-bond acceptors (Lipinski definition) is 5. The van der Waals surface area contributed by atoms with Crippen molar-refractivity contribution in [1.29, 1.82) is 5.26 Å². The maximum absolute atomic E-state index is 9.36. The number of benzene rings is 3. The third-order valence-corrected chi connectivity index (χ3v) is 6.94. The van der Waals surface area contributed by atoms with Crippen LogP contribution in [0.25, 0.3) is 11.1 Å². The molecule has 144 valence electrons. The van der Waals surface area contributed by atoms with E-state index in [4.69, 9.17) is 4.99 Å². The predicted octanol–water partition coefficient (Wildman–Crippen LogP) is 6.88. The molecule has 0 bridgehead atoms. The molecule has 3 nitrogen and oxygen atoms in total. The molecular formula is C24H21N3S2. The van der Waals surface area contributed by atoms with Crippen molar-refractivity contribution in [2.75, 3.05) is 5.75 Å². The number of para-hydroxylation sites is 1. The Morgan fingerprint density at radius 3 is 2.55 bits per heavy atom. The van der Waals surface area contributed by atoms with Gasteiger partial charge in [0, 0.05) is 5.75 Å². The molecule has 1 aliphatic heterocycles. The van der Waals surface area contributed by atoms with E-state index in [9.17, 15) is 5.26 Å². The van der Waals surface area contributed by atoms with Gasteiger partial charge in [0.1, 0.15) is 0 Å². The fraction of sp³-hybridized carbons (Fsp3) is 0.167. The van der Waals surface area contributed by atoms with Gasteiger partial charge in [0.15, 0.2) is 5.17 Å². The minimum Gasteiger partial charge on any atom is -0.286 e. The van der Waals surface area contributed by atoms with Crippen LogP contribution in [0.5, 0.6) is 0 Å². The van der Waals surface area contributed by atoms with Gasteiger partial charge in [-0.05, 0) is 53.3 Å². The van der Waals surface area contributed by atoms with Crippen molar-refractivity contribution in [3.05, 3.63) is 83.9 Å². The predicted molar refractivity (Wildman–Crippen MR) is 124 cm³/mol. The topological polar surface area (TPSA) is 39.4 Å². The Bertz CT molecular complexity index is 1070. The molecule has 0 unspecified atom stereocenters. The molecule has 0 amide bonds. The third kappa shape index (κ3) is 4.50. The second-order valence-electron chi connectivity index (χ2n) is 6.69. The highest BCUT2D eigenvalue weighted by molar-refractivity contribution is 8.15. The SMILES string of the molecule is CCCSC1=Nc2ccccc2SN1Cc1ccc(-c2ccccc2C#N)cc1. The summed E-state index contributed by atoms with van der Waals surface area (Å²) < 4.78 is 2.28. The molecule has 0 N–H and O–H groups in total. The quantitative estimate of drug-likeness (QED) is 0.426. The third-order valence-electron chi connectivity index (χ3n) is 4.58. The molecule has 1 heterocycles. The lowest BCUT2D eigenvalue weighted by atomic mass is 9.99. The smallest absolute Gasteiger partial charge is 0.175 e. The van der Waals surface area contributed by atoms with E-state index in [1.807, 2.05) is 42.1 Å². The Hall–Kier alpha value is -2.68. The largest absolute Gasteiger partial charge is 0.286 e. The lowest BCUT2D eigenvalue weighted by Crippen LogP contribution is -2.23. The first-order valence-corrected chi connectivity index (χ1v) is 11.4. The molecule has 0 atom stereocenters. The summed E-state index contributed by atoms with van der Waals surface area (Å²) in [5.41, 5.74) is 5.02. The normalized spacial score (nSPS) is 12.8. The van der Waals surface area contributed by atoms with Crippen LogP contribution in [0.15, 0.2) is 82.7 Å². The lowest BCUT2D eigenvalue weighted by molar-refractivity contribution is 0.678. The summed E-state index contributed by atoms with van der Waals surface area (Å²) in [6.45, 7) is 2.98. The van der Waals surface area contributed by atoms with Crippen LogP contribution in [0.1, 0.15) is 24.5 Å². The second kappa shape index (κ2) is 9.21. The van der Waals surface area contributed by atoms with Crippen molar-refractivity contribution in [2.24, 2.45) is 4.99 Å². The van der Waals surface area contributed by atoms with E-state index < -0.39 is 0 Å². The Balaban J connectivity index is 1.56. The van der Waals surface area contributed by atoms with Gasteiger partial charge < -0.3 is 0 Å². The first kappa shape index (κ1) is 19.6.